The predicted molar refractivity (Wildman–Crippen MR) is 110 cm³/mol. The molecule has 0 spiro atoms. The highest BCUT2D eigenvalue weighted by Crippen LogP contribution is 2.41. The summed E-state index contributed by atoms with van der Waals surface area (Å²) in [4.78, 5) is 0. The van der Waals surface area contributed by atoms with Crippen LogP contribution in [-0.2, 0) is 0 Å². The van der Waals surface area contributed by atoms with Crippen molar-refractivity contribution in [3.8, 4) is 22.5 Å². The molecule has 2 aliphatic rings. The van der Waals surface area contributed by atoms with Crippen molar-refractivity contribution in [2.45, 2.75) is 20.8 Å². The van der Waals surface area contributed by atoms with Gasteiger partial charge in [-0.2, -0.15) is 0 Å². The molecule has 2 aromatic carbocycles. The maximum Gasteiger partial charge on any atom is 0.203 e. The fourth-order valence-electron chi connectivity index (χ4n) is 3.56. The minimum atomic E-state index is 0.921. The summed E-state index contributed by atoms with van der Waals surface area (Å²) >= 11 is 0. The van der Waals surface area contributed by atoms with Crippen molar-refractivity contribution in [3.63, 3.8) is 0 Å². The third-order valence-electron chi connectivity index (χ3n) is 5.04. The van der Waals surface area contributed by atoms with Crippen molar-refractivity contribution in [3.05, 3.63) is 76.6 Å². The summed E-state index contributed by atoms with van der Waals surface area (Å²) in [5, 5.41) is 2.30. The van der Waals surface area contributed by atoms with Crippen molar-refractivity contribution in [1.82, 2.24) is 4.58 Å². The average molecular weight is 342 g/mol. The number of aryl methyl sites for hydroxylation is 3. The Labute approximate surface area is 154 Å². The number of fused-ring (bicyclic) bond motifs is 2. The molecule has 130 valence electrons. The van der Waals surface area contributed by atoms with Crippen LogP contribution in [0.25, 0.3) is 33.4 Å². The minimum Gasteiger partial charge on any atom is -0.456 e. The van der Waals surface area contributed by atoms with Crippen LogP contribution in [0.5, 0.6) is 0 Å². The zero-order valence-electron chi connectivity index (χ0n) is 16.1. The molecule has 0 N–H and O–H groups in total. The minimum absolute atomic E-state index is 0.921. The van der Waals surface area contributed by atoms with Crippen LogP contribution in [0, 0.1) is 20.8 Å². The van der Waals surface area contributed by atoms with Gasteiger partial charge in [0.2, 0.25) is 5.36 Å². The third-order valence-corrected chi connectivity index (χ3v) is 5.04. The van der Waals surface area contributed by atoms with Crippen LogP contribution in [0.3, 0.4) is 0 Å². The molecule has 1 heterocycles. The summed E-state index contributed by atoms with van der Waals surface area (Å²) < 4.78 is 8.43. The molecule has 26 heavy (non-hydrogen) atoms. The van der Waals surface area contributed by atoms with Crippen LogP contribution >= 0.6 is 0 Å². The molecule has 0 unspecified atom stereocenters. The van der Waals surface area contributed by atoms with Gasteiger partial charge in [0, 0.05) is 22.6 Å². The number of hydrogen-bond donors (Lipinski definition) is 0. The van der Waals surface area contributed by atoms with Gasteiger partial charge in [0.1, 0.15) is 25.4 Å². The standard InChI is InChI=1S/C24H24NO/c1-15-6-8-17(3)21(12-15)24-19-10-7-16(2)13-22(19)26-23-14-18(25(4)5)9-11-20(23)24/h6-14H,1-5H3/q+1. The Morgan fingerprint density at radius 1 is 0.731 bits per heavy atom. The van der Waals surface area contributed by atoms with Crippen molar-refractivity contribution in [2.75, 3.05) is 14.1 Å². The summed E-state index contributed by atoms with van der Waals surface area (Å²) in [6.07, 6.45) is 0. The van der Waals surface area contributed by atoms with E-state index in [1.54, 1.807) is 0 Å². The smallest absolute Gasteiger partial charge is 0.203 e. The molecule has 4 rings (SSSR count). The Morgan fingerprint density at radius 2 is 1.46 bits per heavy atom. The van der Waals surface area contributed by atoms with Crippen LogP contribution in [0.1, 0.15) is 16.7 Å². The summed E-state index contributed by atoms with van der Waals surface area (Å²) in [5.41, 5.74) is 8.37. The Balaban J connectivity index is 2.21. The summed E-state index contributed by atoms with van der Waals surface area (Å²) in [5.74, 6) is 0.921. The van der Waals surface area contributed by atoms with E-state index in [-0.39, 0.29) is 0 Å². The van der Waals surface area contributed by atoms with E-state index in [0.29, 0.717) is 0 Å². The van der Waals surface area contributed by atoms with Crippen molar-refractivity contribution in [2.24, 2.45) is 0 Å². The second-order valence-electron chi connectivity index (χ2n) is 7.37. The molecule has 1 aliphatic carbocycles. The maximum atomic E-state index is 6.32. The molecule has 0 fully saturated rings. The first-order valence-corrected chi connectivity index (χ1v) is 8.99. The molecule has 0 bridgehead atoms. The topological polar surface area (TPSA) is 16.1 Å². The van der Waals surface area contributed by atoms with Crippen molar-refractivity contribution in [1.29, 1.82) is 0 Å². The predicted octanol–water partition coefficient (Wildman–Crippen LogP) is 5.16. The third kappa shape index (κ3) is 2.72. The van der Waals surface area contributed by atoms with Gasteiger partial charge in [0.15, 0.2) is 0 Å². The molecule has 1 aliphatic heterocycles. The van der Waals surface area contributed by atoms with Gasteiger partial charge in [0.05, 0.1) is 6.07 Å². The summed E-state index contributed by atoms with van der Waals surface area (Å²) in [6.45, 7) is 6.43. The van der Waals surface area contributed by atoms with Crippen LogP contribution < -0.4 is 9.93 Å². The van der Waals surface area contributed by atoms with Gasteiger partial charge in [-0.05, 0) is 49.6 Å². The van der Waals surface area contributed by atoms with E-state index in [0.717, 1.165) is 27.7 Å². The Kier molecular flexibility index (Phi) is 3.91. The zero-order chi connectivity index (χ0) is 18.4. The lowest BCUT2D eigenvalue weighted by Crippen LogP contribution is -2.21. The molecular weight excluding hydrogens is 318 g/mol. The largest absolute Gasteiger partial charge is 0.456 e. The van der Waals surface area contributed by atoms with Gasteiger partial charge in [-0.25, -0.2) is 4.58 Å². The first-order chi connectivity index (χ1) is 12.4. The first-order valence-electron chi connectivity index (χ1n) is 8.99. The van der Waals surface area contributed by atoms with Gasteiger partial charge in [0.25, 0.3) is 0 Å². The average Bonchev–Trinajstić information content (AvgIpc) is 2.61. The van der Waals surface area contributed by atoms with E-state index < -0.39 is 0 Å². The van der Waals surface area contributed by atoms with Crippen LogP contribution in [0.2, 0.25) is 0 Å². The molecule has 2 heteroatoms. The van der Waals surface area contributed by atoms with Crippen LogP contribution in [-0.4, -0.2) is 14.1 Å². The molecule has 2 aromatic rings. The Bertz CT molecular complexity index is 1180. The lowest BCUT2D eigenvalue weighted by molar-refractivity contribution is 0.617. The van der Waals surface area contributed by atoms with Gasteiger partial charge in [-0.15, -0.1) is 0 Å². The quantitative estimate of drug-likeness (QED) is 0.345. The van der Waals surface area contributed by atoms with E-state index in [1.165, 1.54) is 27.8 Å². The number of hydrogen-bond acceptors (Lipinski definition) is 1. The molecule has 0 radical (unpaired) electrons. The molecule has 0 aromatic heterocycles. The Hall–Kier alpha value is -2.87. The SMILES string of the molecule is Cc1ccc(C)c(-c2c3ccc(=[N+](C)C)cc-3oc3cc(C)ccc23)c1. The number of nitrogens with zero attached hydrogens (tertiary/aromatic N) is 1. The monoisotopic (exact) mass is 342 g/mol. The maximum absolute atomic E-state index is 6.32. The second-order valence-corrected chi connectivity index (χ2v) is 7.37. The zero-order valence-corrected chi connectivity index (χ0v) is 16.1. The van der Waals surface area contributed by atoms with Crippen LogP contribution in [0.4, 0.5) is 0 Å². The molecule has 0 amide bonds. The number of rotatable bonds is 1. The highest BCUT2D eigenvalue weighted by atomic mass is 16.3. The summed E-state index contributed by atoms with van der Waals surface area (Å²) in [7, 11) is 4.11. The van der Waals surface area contributed by atoms with E-state index in [4.69, 9.17) is 4.42 Å². The van der Waals surface area contributed by atoms with E-state index in [1.807, 2.05) is 0 Å². The Morgan fingerprint density at radius 3 is 2.23 bits per heavy atom. The fourth-order valence-corrected chi connectivity index (χ4v) is 3.56. The van der Waals surface area contributed by atoms with Gasteiger partial charge < -0.3 is 4.42 Å². The van der Waals surface area contributed by atoms with E-state index in [9.17, 15) is 0 Å². The summed E-state index contributed by atoms with van der Waals surface area (Å²) in [6, 6.07) is 19.6. The number of benzene rings is 3. The van der Waals surface area contributed by atoms with Crippen molar-refractivity contribution >= 4 is 11.0 Å². The molecule has 2 nitrogen and oxygen atoms in total. The fraction of sp³-hybridized carbons (Fsp3) is 0.208. The van der Waals surface area contributed by atoms with Crippen molar-refractivity contribution < 1.29 is 4.42 Å². The highest BCUT2D eigenvalue weighted by Gasteiger charge is 2.19. The highest BCUT2D eigenvalue weighted by molar-refractivity contribution is 6.02. The normalized spacial score (nSPS) is 11.3. The second kappa shape index (κ2) is 6.14. The molecule has 0 saturated carbocycles. The lowest BCUT2D eigenvalue weighted by Gasteiger charge is -2.17. The lowest BCUT2D eigenvalue weighted by atomic mass is 9.90. The van der Waals surface area contributed by atoms with Gasteiger partial charge >= 0.3 is 0 Å². The van der Waals surface area contributed by atoms with E-state index >= 15 is 0 Å². The first kappa shape index (κ1) is 16.6. The van der Waals surface area contributed by atoms with Gasteiger partial charge in [-0.1, -0.05) is 35.9 Å². The molecular formula is C24H24NO+. The molecule has 0 atom stereocenters. The van der Waals surface area contributed by atoms with Gasteiger partial charge in [-0.3, -0.25) is 0 Å². The van der Waals surface area contributed by atoms with Crippen LogP contribution in [0.15, 0.2) is 59.0 Å². The molecule has 0 saturated heterocycles. The van der Waals surface area contributed by atoms with E-state index in [2.05, 4.69) is 94.0 Å².